The lowest BCUT2D eigenvalue weighted by molar-refractivity contribution is 0.117. The summed E-state index contributed by atoms with van der Waals surface area (Å²) in [5.41, 5.74) is 0. The van der Waals surface area contributed by atoms with E-state index in [2.05, 4.69) is 0 Å². The largest absolute Gasteiger partial charge is 0.269 e. The third kappa shape index (κ3) is 1.34. The normalized spacial score (nSPS) is 39.4. The molecule has 0 aliphatic heterocycles. The maximum Gasteiger partial charge on any atom is 0.269 e. The molecule has 80 valence electrons. The Morgan fingerprint density at radius 2 is 0.929 bits per heavy atom. The molecule has 0 saturated heterocycles. The van der Waals surface area contributed by atoms with Crippen LogP contribution in [0.3, 0.4) is 0 Å². The maximum absolute atomic E-state index is 13.1. The van der Waals surface area contributed by atoms with Crippen molar-refractivity contribution in [3.8, 4) is 0 Å². The summed E-state index contributed by atoms with van der Waals surface area (Å²) in [6, 6.07) is 0. The maximum atomic E-state index is 13.1. The predicted octanol–water partition coefficient (Wildman–Crippen LogP) is 4.42. The van der Waals surface area contributed by atoms with Crippen molar-refractivity contribution in [2.75, 3.05) is 0 Å². The van der Waals surface area contributed by atoms with Crippen LogP contribution in [0, 0.1) is 0 Å². The average molecular weight is 346 g/mol. The zero-order valence-electron chi connectivity index (χ0n) is 6.02. The zero-order chi connectivity index (χ0) is 11.3. The van der Waals surface area contributed by atoms with Gasteiger partial charge < -0.3 is 0 Å². The lowest BCUT2D eigenvalue weighted by atomic mass is 10.1. The van der Waals surface area contributed by atoms with E-state index in [-0.39, 0.29) is 0 Å². The van der Waals surface area contributed by atoms with Gasteiger partial charge in [0.15, 0.2) is 23.3 Å². The highest BCUT2D eigenvalue weighted by Crippen LogP contribution is 2.57. The Morgan fingerprint density at radius 3 is 1.14 bits per heavy atom. The van der Waals surface area contributed by atoms with Gasteiger partial charge in [0.05, 0.1) is 0 Å². The van der Waals surface area contributed by atoms with Gasteiger partial charge in [0.25, 0.3) is 9.16 Å². The Morgan fingerprint density at radius 1 is 0.714 bits per heavy atom. The van der Waals surface area contributed by atoms with Crippen LogP contribution in [0.25, 0.3) is 0 Å². The van der Waals surface area contributed by atoms with Gasteiger partial charge >= 0.3 is 0 Å². The van der Waals surface area contributed by atoms with Crippen LogP contribution in [0.1, 0.15) is 0 Å². The Bertz CT molecular complexity index is 308. The first kappa shape index (κ1) is 12.1. The Labute approximate surface area is 90.9 Å². The van der Waals surface area contributed by atoms with Gasteiger partial charge in [-0.3, -0.25) is 0 Å². The molecule has 0 aromatic rings. The van der Waals surface area contributed by atoms with E-state index in [4.69, 9.17) is 0 Å². The average Bonchev–Trinajstić information content (AvgIpc) is 2.10. The minimum absolute atomic E-state index is 1.79. The summed E-state index contributed by atoms with van der Waals surface area (Å²) in [4.78, 5) is 0. The summed E-state index contributed by atoms with van der Waals surface area (Å²) in [6.07, 6.45) is 0. The molecule has 0 bridgehead atoms. The molecule has 1 aliphatic rings. The summed E-state index contributed by atoms with van der Waals surface area (Å²) in [6.45, 7) is 0. The standard InChI is InChI=1S/C6Br2F6/c7-5(13)3(11)1(9)2(10)4(12)6(5,8)14. The van der Waals surface area contributed by atoms with Crippen LogP contribution < -0.4 is 0 Å². The van der Waals surface area contributed by atoms with E-state index in [9.17, 15) is 26.3 Å². The lowest BCUT2D eigenvalue weighted by Crippen LogP contribution is -2.42. The summed E-state index contributed by atoms with van der Waals surface area (Å²) >= 11 is 3.57. The molecule has 0 radical (unpaired) electrons. The summed E-state index contributed by atoms with van der Waals surface area (Å²) in [7, 11) is 0. The van der Waals surface area contributed by atoms with Gasteiger partial charge in [-0.05, 0) is 31.9 Å². The quantitative estimate of drug-likeness (QED) is 0.450. The molecule has 0 nitrogen and oxygen atoms in total. The van der Waals surface area contributed by atoms with Crippen molar-refractivity contribution in [1.29, 1.82) is 0 Å². The third-order valence-corrected chi connectivity index (χ3v) is 3.84. The topological polar surface area (TPSA) is 0 Å². The fraction of sp³-hybridized carbons (Fsp3) is 0.333. The second-order valence-electron chi connectivity index (χ2n) is 2.40. The minimum Gasteiger partial charge on any atom is -0.218 e. The monoisotopic (exact) mass is 344 g/mol. The second kappa shape index (κ2) is 3.26. The number of allylic oxidation sites excluding steroid dienone is 4. The molecule has 2 unspecified atom stereocenters. The molecule has 0 amide bonds. The number of halogens is 8. The van der Waals surface area contributed by atoms with E-state index in [1.807, 2.05) is 0 Å². The van der Waals surface area contributed by atoms with E-state index < -0.39 is 32.5 Å². The van der Waals surface area contributed by atoms with Gasteiger partial charge in [0.1, 0.15) is 0 Å². The highest BCUT2D eigenvalue weighted by atomic mass is 79.9. The summed E-state index contributed by atoms with van der Waals surface area (Å²) < 4.78 is 68.7. The van der Waals surface area contributed by atoms with E-state index in [1.54, 1.807) is 31.9 Å². The molecule has 0 N–H and O–H groups in total. The van der Waals surface area contributed by atoms with Crippen LogP contribution in [0.5, 0.6) is 0 Å². The Hall–Kier alpha value is 0.0200. The first-order chi connectivity index (χ1) is 6.14. The van der Waals surface area contributed by atoms with Crippen molar-refractivity contribution < 1.29 is 26.3 Å². The predicted molar refractivity (Wildman–Crippen MR) is 44.0 cm³/mol. The smallest absolute Gasteiger partial charge is 0.218 e. The molecule has 0 spiro atoms. The Kier molecular flexibility index (Phi) is 2.82. The van der Waals surface area contributed by atoms with Gasteiger partial charge in [-0.15, -0.1) is 0 Å². The highest BCUT2D eigenvalue weighted by molar-refractivity contribution is 9.13. The molecule has 1 rings (SSSR count). The summed E-state index contributed by atoms with van der Waals surface area (Å²) in [5, 5.41) is 0. The number of hydrogen-bond donors (Lipinski definition) is 0. The van der Waals surface area contributed by atoms with Crippen molar-refractivity contribution in [2.45, 2.75) is 9.16 Å². The van der Waals surface area contributed by atoms with Crippen LogP contribution in [-0.4, -0.2) is 9.16 Å². The first-order valence-electron chi connectivity index (χ1n) is 3.01. The molecular formula is C6Br2F6. The number of hydrogen-bond acceptors (Lipinski definition) is 0. The van der Waals surface area contributed by atoms with Crippen molar-refractivity contribution in [3.05, 3.63) is 23.3 Å². The van der Waals surface area contributed by atoms with Gasteiger partial charge in [-0.2, -0.15) is 0 Å². The highest BCUT2D eigenvalue weighted by Gasteiger charge is 2.63. The van der Waals surface area contributed by atoms with Crippen LogP contribution in [0.2, 0.25) is 0 Å². The van der Waals surface area contributed by atoms with Gasteiger partial charge in [-0.25, -0.2) is 26.3 Å². The molecule has 8 heteroatoms. The fourth-order valence-corrected chi connectivity index (χ4v) is 1.44. The second-order valence-corrected chi connectivity index (χ2v) is 4.59. The molecule has 1 aliphatic carbocycles. The van der Waals surface area contributed by atoms with Crippen LogP contribution >= 0.6 is 31.9 Å². The molecule has 0 saturated carbocycles. The minimum atomic E-state index is -3.82. The van der Waals surface area contributed by atoms with E-state index in [0.717, 1.165) is 0 Å². The molecule has 0 aromatic carbocycles. The lowest BCUT2D eigenvalue weighted by Gasteiger charge is -2.30. The van der Waals surface area contributed by atoms with E-state index in [1.165, 1.54) is 0 Å². The van der Waals surface area contributed by atoms with Crippen molar-refractivity contribution in [1.82, 2.24) is 0 Å². The third-order valence-electron chi connectivity index (χ3n) is 1.52. The van der Waals surface area contributed by atoms with Crippen molar-refractivity contribution in [3.63, 3.8) is 0 Å². The molecule has 0 aromatic heterocycles. The molecule has 0 heterocycles. The molecule has 14 heavy (non-hydrogen) atoms. The van der Waals surface area contributed by atoms with Crippen molar-refractivity contribution >= 4 is 31.9 Å². The fourth-order valence-electron chi connectivity index (χ4n) is 0.744. The van der Waals surface area contributed by atoms with Crippen LogP contribution in [-0.2, 0) is 0 Å². The van der Waals surface area contributed by atoms with Gasteiger partial charge in [0, 0.05) is 0 Å². The zero-order valence-corrected chi connectivity index (χ0v) is 9.20. The van der Waals surface area contributed by atoms with Crippen molar-refractivity contribution in [2.24, 2.45) is 0 Å². The summed E-state index contributed by atoms with van der Waals surface area (Å²) in [5.74, 6) is -9.63. The Balaban J connectivity index is 3.48. The van der Waals surface area contributed by atoms with E-state index >= 15 is 0 Å². The molecular weight excluding hydrogens is 346 g/mol. The SMILES string of the molecule is FC1=C(F)C(F)(Br)C(F)(Br)C(F)=C1F. The van der Waals surface area contributed by atoms with E-state index in [0.29, 0.717) is 0 Å². The van der Waals surface area contributed by atoms with Gasteiger partial charge in [0.2, 0.25) is 0 Å². The first-order valence-corrected chi connectivity index (χ1v) is 4.60. The van der Waals surface area contributed by atoms with Crippen LogP contribution in [0.15, 0.2) is 23.3 Å². The number of alkyl halides is 4. The van der Waals surface area contributed by atoms with Crippen LogP contribution in [0.4, 0.5) is 26.3 Å². The number of rotatable bonds is 0. The van der Waals surface area contributed by atoms with Gasteiger partial charge in [-0.1, -0.05) is 0 Å². The molecule has 0 fully saturated rings. The molecule has 2 atom stereocenters.